The summed E-state index contributed by atoms with van der Waals surface area (Å²) in [6.07, 6.45) is 2.27. The molecule has 3 aromatic rings. The van der Waals surface area contributed by atoms with E-state index in [2.05, 4.69) is 6.07 Å². The van der Waals surface area contributed by atoms with Gasteiger partial charge in [-0.05, 0) is 53.4 Å². The van der Waals surface area contributed by atoms with Crippen LogP contribution < -0.4 is 10.5 Å². The van der Waals surface area contributed by atoms with Crippen molar-refractivity contribution in [2.45, 2.75) is 24.3 Å². The number of methoxy groups -OCH3 is 1. The Morgan fingerprint density at radius 1 is 1.09 bits per heavy atom. The zero-order valence-electron chi connectivity index (χ0n) is 20.1. The SMILES string of the molecule is COc1ccc2cc(CN(C)C(=O)C3CCN(S(=O)(=O)c4cc(C(N)=O)n(C)c4)CC3)ccc2c1. The lowest BCUT2D eigenvalue weighted by Gasteiger charge is -2.32. The van der Waals surface area contributed by atoms with Crippen LogP contribution in [0.4, 0.5) is 0 Å². The van der Waals surface area contributed by atoms with Gasteiger partial charge in [-0.15, -0.1) is 0 Å². The second kappa shape index (κ2) is 9.71. The molecule has 0 unspecified atom stereocenters. The predicted octanol–water partition coefficient (Wildman–Crippen LogP) is 2.35. The Morgan fingerprint density at radius 3 is 2.37 bits per heavy atom. The summed E-state index contributed by atoms with van der Waals surface area (Å²) in [5.74, 6) is -0.125. The number of carbonyl (C=O) groups is 2. The molecule has 0 atom stereocenters. The number of aromatic nitrogens is 1. The normalized spacial score (nSPS) is 15.3. The van der Waals surface area contributed by atoms with Crippen molar-refractivity contribution in [3.8, 4) is 5.75 Å². The largest absolute Gasteiger partial charge is 0.497 e. The Kier molecular flexibility index (Phi) is 6.86. The van der Waals surface area contributed by atoms with Crippen LogP contribution in [0.15, 0.2) is 53.6 Å². The fourth-order valence-corrected chi connectivity index (χ4v) is 6.12. The van der Waals surface area contributed by atoms with Crippen molar-refractivity contribution >= 4 is 32.6 Å². The van der Waals surface area contributed by atoms with Crippen LogP contribution in [0.5, 0.6) is 5.75 Å². The van der Waals surface area contributed by atoms with Gasteiger partial charge in [0.05, 0.1) is 7.11 Å². The molecule has 1 fully saturated rings. The first-order valence-corrected chi connectivity index (χ1v) is 12.8. The van der Waals surface area contributed by atoms with Crippen LogP contribution in [0.2, 0.25) is 0 Å². The van der Waals surface area contributed by atoms with Crippen molar-refractivity contribution in [3.63, 3.8) is 0 Å². The van der Waals surface area contributed by atoms with Crippen LogP contribution in [0.1, 0.15) is 28.9 Å². The smallest absolute Gasteiger partial charge is 0.265 e. The first-order chi connectivity index (χ1) is 16.6. The molecule has 1 saturated heterocycles. The third-order valence-electron chi connectivity index (χ3n) is 6.58. The average Bonchev–Trinajstić information content (AvgIpc) is 3.26. The molecule has 0 bridgehead atoms. The Bertz CT molecular complexity index is 1370. The second-order valence-electron chi connectivity index (χ2n) is 8.96. The molecule has 0 aliphatic carbocycles. The maximum atomic E-state index is 13.1. The number of hydrogen-bond acceptors (Lipinski definition) is 5. The number of amides is 2. The van der Waals surface area contributed by atoms with Gasteiger partial charge in [-0.25, -0.2) is 8.42 Å². The van der Waals surface area contributed by atoms with Crippen LogP contribution >= 0.6 is 0 Å². The fourth-order valence-electron chi connectivity index (χ4n) is 4.57. The monoisotopic (exact) mass is 498 g/mol. The van der Waals surface area contributed by atoms with Gasteiger partial charge < -0.3 is 19.9 Å². The van der Waals surface area contributed by atoms with E-state index in [1.165, 1.54) is 21.1 Å². The van der Waals surface area contributed by atoms with Crippen molar-refractivity contribution in [1.82, 2.24) is 13.8 Å². The van der Waals surface area contributed by atoms with E-state index >= 15 is 0 Å². The predicted molar refractivity (Wildman–Crippen MR) is 132 cm³/mol. The number of carbonyl (C=O) groups excluding carboxylic acids is 2. The van der Waals surface area contributed by atoms with Gasteiger partial charge in [0.15, 0.2) is 0 Å². The van der Waals surface area contributed by atoms with Crippen LogP contribution in [-0.2, 0) is 28.4 Å². The van der Waals surface area contributed by atoms with Crippen LogP contribution in [0.3, 0.4) is 0 Å². The van der Waals surface area contributed by atoms with E-state index < -0.39 is 15.9 Å². The topological polar surface area (TPSA) is 115 Å². The van der Waals surface area contributed by atoms with Gasteiger partial charge in [0.2, 0.25) is 15.9 Å². The number of ether oxygens (including phenoxy) is 1. The molecule has 1 aliphatic rings. The van der Waals surface area contributed by atoms with Gasteiger partial charge in [-0.3, -0.25) is 9.59 Å². The molecule has 0 radical (unpaired) electrons. The lowest BCUT2D eigenvalue weighted by Crippen LogP contribution is -2.43. The minimum Gasteiger partial charge on any atom is -0.497 e. The van der Waals surface area contributed by atoms with Crippen molar-refractivity contribution < 1.29 is 22.7 Å². The number of benzene rings is 2. The first kappa shape index (κ1) is 24.7. The van der Waals surface area contributed by atoms with Gasteiger partial charge in [0.25, 0.3) is 5.91 Å². The highest BCUT2D eigenvalue weighted by Gasteiger charge is 2.34. The van der Waals surface area contributed by atoms with Crippen LogP contribution in [0.25, 0.3) is 10.8 Å². The molecule has 4 rings (SSSR count). The van der Waals surface area contributed by atoms with Gasteiger partial charge in [-0.1, -0.05) is 18.2 Å². The molecule has 2 aromatic carbocycles. The molecule has 9 nitrogen and oxygen atoms in total. The van der Waals surface area contributed by atoms with Crippen LogP contribution in [0, 0.1) is 5.92 Å². The van der Waals surface area contributed by atoms with Crippen molar-refractivity contribution in [2.24, 2.45) is 18.7 Å². The van der Waals surface area contributed by atoms with Gasteiger partial charge in [0.1, 0.15) is 16.3 Å². The fraction of sp³-hybridized carbons (Fsp3) is 0.360. The molecular formula is C25H30N4O5S. The zero-order chi connectivity index (χ0) is 25.3. The van der Waals surface area contributed by atoms with Gasteiger partial charge in [-0.2, -0.15) is 4.31 Å². The van der Waals surface area contributed by atoms with E-state index in [0.717, 1.165) is 22.1 Å². The lowest BCUT2D eigenvalue weighted by molar-refractivity contribution is -0.135. The molecule has 0 spiro atoms. The molecule has 2 N–H and O–H groups in total. The van der Waals surface area contributed by atoms with Crippen LogP contribution in [-0.4, -0.2) is 61.3 Å². The minimum absolute atomic E-state index is 0.00704. The number of hydrogen-bond donors (Lipinski definition) is 1. The van der Waals surface area contributed by atoms with E-state index in [-0.39, 0.29) is 35.5 Å². The number of rotatable bonds is 7. The van der Waals surface area contributed by atoms with E-state index in [9.17, 15) is 18.0 Å². The Labute approximate surface area is 205 Å². The van der Waals surface area contributed by atoms with E-state index in [1.54, 1.807) is 26.1 Å². The molecule has 2 heterocycles. The Morgan fingerprint density at radius 2 is 1.74 bits per heavy atom. The first-order valence-electron chi connectivity index (χ1n) is 11.4. The standard InChI is InChI=1S/C25H30N4O5S/c1-27-16-22(14-23(27)24(26)30)35(32,33)29-10-8-18(9-11-29)25(31)28(2)15-17-4-5-20-13-21(34-3)7-6-19(20)12-17/h4-7,12-14,16,18H,8-11,15H2,1-3H3,(H2,26,30). The summed E-state index contributed by atoms with van der Waals surface area (Å²) >= 11 is 0. The second-order valence-corrected chi connectivity index (χ2v) is 10.9. The van der Waals surface area contributed by atoms with Crippen molar-refractivity contribution in [1.29, 1.82) is 0 Å². The number of piperidine rings is 1. The number of primary amides is 1. The molecule has 1 aromatic heterocycles. The molecular weight excluding hydrogens is 468 g/mol. The minimum atomic E-state index is -3.77. The number of aryl methyl sites for hydroxylation is 1. The summed E-state index contributed by atoms with van der Waals surface area (Å²) < 4.78 is 34.1. The summed E-state index contributed by atoms with van der Waals surface area (Å²) in [5, 5.41) is 2.14. The number of nitrogens with two attached hydrogens (primary N) is 1. The third-order valence-corrected chi connectivity index (χ3v) is 8.45. The van der Waals surface area contributed by atoms with E-state index in [1.807, 2.05) is 30.3 Å². The molecule has 35 heavy (non-hydrogen) atoms. The maximum absolute atomic E-state index is 13.1. The molecule has 1 aliphatic heterocycles. The Balaban J connectivity index is 1.38. The molecule has 0 saturated carbocycles. The number of fused-ring (bicyclic) bond motifs is 1. The highest BCUT2D eigenvalue weighted by atomic mass is 32.2. The Hall–Kier alpha value is -3.37. The summed E-state index contributed by atoms with van der Waals surface area (Å²) in [4.78, 5) is 26.3. The summed E-state index contributed by atoms with van der Waals surface area (Å²) in [6.45, 7) is 0.954. The quantitative estimate of drug-likeness (QED) is 0.537. The summed E-state index contributed by atoms with van der Waals surface area (Å²) in [5.41, 5.74) is 6.46. The highest BCUT2D eigenvalue weighted by molar-refractivity contribution is 7.89. The average molecular weight is 499 g/mol. The van der Waals surface area contributed by atoms with Gasteiger partial charge in [0, 0.05) is 45.8 Å². The lowest BCUT2D eigenvalue weighted by atomic mass is 9.96. The van der Waals surface area contributed by atoms with Gasteiger partial charge >= 0.3 is 0 Å². The molecule has 2 amide bonds. The zero-order valence-corrected chi connectivity index (χ0v) is 20.9. The third kappa shape index (κ3) is 5.03. The molecule has 10 heteroatoms. The summed E-state index contributed by atoms with van der Waals surface area (Å²) in [6, 6.07) is 13.3. The van der Waals surface area contributed by atoms with E-state index in [4.69, 9.17) is 10.5 Å². The number of nitrogens with zero attached hydrogens (tertiary/aromatic N) is 3. The maximum Gasteiger partial charge on any atom is 0.265 e. The van der Waals surface area contributed by atoms with E-state index in [0.29, 0.717) is 19.4 Å². The summed E-state index contributed by atoms with van der Waals surface area (Å²) in [7, 11) is 1.22. The molecule has 186 valence electrons. The van der Waals surface area contributed by atoms with Crippen molar-refractivity contribution in [3.05, 3.63) is 59.9 Å². The highest BCUT2D eigenvalue weighted by Crippen LogP contribution is 2.27. The number of sulfonamides is 1. The van der Waals surface area contributed by atoms with Crippen molar-refractivity contribution in [2.75, 3.05) is 27.2 Å².